The van der Waals surface area contributed by atoms with Crippen LogP contribution >= 0.6 is 15.9 Å². The van der Waals surface area contributed by atoms with Gasteiger partial charge < -0.3 is 10.1 Å². The van der Waals surface area contributed by atoms with Gasteiger partial charge in [0, 0.05) is 27.9 Å². The maximum absolute atomic E-state index is 12.4. The first-order valence-electron chi connectivity index (χ1n) is 7.65. The second kappa shape index (κ2) is 9.31. The van der Waals surface area contributed by atoms with E-state index in [9.17, 15) is 20.2 Å². The van der Waals surface area contributed by atoms with Crippen LogP contribution < -0.4 is 10.1 Å². The number of amides is 1. The second-order valence-electron chi connectivity index (χ2n) is 5.21. The number of anilines is 1. The van der Waals surface area contributed by atoms with Crippen molar-refractivity contribution < 1.29 is 14.5 Å². The van der Waals surface area contributed by atoms with Gasteiger partial charge in [-0.05, 0) is 36.4 Å². The van der Waals surface area contributed by atoms with Crippen molar-refractivity contribution in [1.82, 2.24) is 0 Å². The standard InChI is InChI=1S/C19H14BrN3O4/c1-2-9-27-18-8-3-15(20)11-13(18)10-14(12-21)19(24)22-16-4-6-17(7-5-16)23(25)26/h2-8,10-11H,1,9H2,(H,22,24)/b14-10+. The fraction of sp³-hybridized carbons (Fsp3) is 0.0526. The van der Waals surface area contributed by atoms with Crippen LogP contribution in [0, 0.1) is 21.4 Å². The van der Waals surface area contributed by atoms with E-state index in [4.69, 9.17) is 4.74 Å². The van der Waals surface area contributed by atoms with Crippen molar-refractivity contribution in [1.29, 1.82) is 5.26 Å². The minimum Gasteiger partial charge on any atom is -0.489 e. The van der Waals surface area contributed by atoms with E-state index in [0.717, 1.165) is 4.47 Å². The van der Waals surface area contributed by atoms with Crippen molar-refractivity contribution in [3.8, 4) is 11.8 Å². The SMILES string of the molecule is C=CCOc1ccc(Br)cc1/C=C(\C#N)C(=O)Nc1ccc([N+](=O)[O-])cc1. The Kier molecular flexibility index (Phi) is 6.86. The zero-order chi connectivity index (χ0) is 19.8. The number of hydrogen-bond acceptors (Lipinski definition) is 5. The molecule has 0 aromatic heterocycles. The molecule has 1 amide bonds. The first-order chi connectivity index (χ1) is 12.9. The van der Waals surface area contributed by atoms with Gasteiger partial charge in [0.2, 0.25) is 0 Å². The van der Waals surface area contributed by atoms with Gasteiger partial charge in [0.05, 0.1) is 4.92 Å². The topological polar surface area (TPSA) is 105 Å². The molecule has 0 radical (unpaired) electrons. The number of hydrogen-bond donors (Lipinski definition) is 1. The van der Waals surface area contributed by atoms with E-state index < -0.39 is 10.8 Å². The molecule has 0 atom stereocenters. The highest BCUT2D eigenvalue weighted by atomic mass is 79.9. The predicted molar refractivity (Wildman–Crippen MR) is 105 cm³/mol. The van der Waals surface area contributed by atoms with Crippen molar-refractivity contribution >= 4 is 39.3 Å². The number of non-ortho nitro benzene ring substituents is 1. The first-order valence-corrected chi connectivity index (χ1v) is 8.44. The van der Waals surface area contributed by atoms with Gasteiger partial charge in [0.25, 0.3) is 11.6 Å². The van der Waals surface area contributed by atoms with Crippen LogP contribution in [0.3, 0.4) is 0 Å². The van der Waals surface area contributed by atoms with E-state index in [-0.39, 0.29) is 17.9 Å². The minimum absolute atomic E-state index is 0.0952. The van der Waals surface area contributed by atoms with E-state index in [1.807, 2.05) is 6.07 Å². The molecule has 27 heavy (non-hydrogen) atoms. The largest absolute Gasteiger partial charge is 0.489 e. The zero-order valence-electron chi connectivity index (χ0n) is 14.0. The monoisotopic (exact) mass is 427 g/mol. The Morgan fingerprint density at radius 3 is 2.63 bits per heavy atom. The van der Waals surface area contributed by atoms with E-state index in [2.05, 4.69) is 27.8 Å². The van der Waals surface area contributed by atoms with Crippen LogP contribution in [0.5, 0.6) is 5.75 Å². The molecule has 8 heteroatoms. The highest BCUT2D eigenvalue weighted by molar-refractivity contribution is 9.10. The third-order valence-electron chi connectivity index (χ3n) is 3.33. The summed E-state index contributed by atoms with van der Waals surface area (Å²) >= 11 is 3.34. The molecule has 2 aromatic rings. The third-order valence-corrected chi connectivity index (χ3v) is 3.82. The summed E-state index contributed by atoms with van der Waals surface area (Å²) in [6, 6.07) is 12.4. The Labute approximate surface area is 163 Å². The Morgan fingerprint density at radius 1 is 1.33 bits per heavy atom. The lowest BCUT2D eigenvalue weighted by Gasteiger charge is -2.09. The van der Waals surface area contributed by atoms with Crippen LogP contribution in [0.15, 0.2) is 65.2 Å². The van der Waals surface area contributed by atoms with Gasteiger partial charge in [-0.3, -0.25) is 14.9 Å². The van der Waals surface area contributed by atoms with Crippen molar-refractivity contribution in [2.75, 3.05) is 11.9 Å². The molecule has 0 spiro atoms. The number of nitrogens with zero attached hydrogens (tertiary/aromatic N) is 2. The smallest absolute Gasteiger partial charge is 0.269 e. The molecule has 7 nitrogen and oxygen atoms in total. The summed E-state index contributed by atoms with van der Waals surface area (Å²) in [5.74, 6) is -0.144. The molecule has 0 aliphatic carbocycles. The van der Waals surface area contributed by atoms with Crippen LogP contribution in [0.4, 0.5) is 11.4 Å². The lowest BCUT2D eigenvalue weighted by molar-refractivity contribution is -0.384. The Balaban J connectivity index is 2.26. The highest BCUT2D eigenvalue weighted by Crippen LogP contribution is 2.26. The molecule has 0 saturated heterocycles. The van der Waals surface area contributed by atoms with Gasteiger partial charge in [-0.25, -0.2) is 0 Å². The molecule has 0 heterocycles. The van der Waals surface area contributed by atoms with Gasteiger partial charge in [-0.2, -0.15) is 5.26 Å². The summed E-state index contributed by atoms with van der Waals surface area (Å²) in [6.45, 7) is 3.86. The second-order valence-corrected chi connectivity index (χ2v) is 6.13. The van der Waals surface area contributed by atoms with Crippen LogP contribution in [0.2, 0.25) is 0 Å². The molecular formula is C19H14BrN3O4. The molecule has 0 fully saturated rings. The number of nitriles is 1. The van der Waals surface area contributed by atoms with E-state index in [1.165, 1.54) is 30.3 Å². The van der Waals surface area contributed by atoms with Gasteiger partial charge >= 0.3 is 0 Å². The Hall–Kier alpha value is -3.44. The van der Waals surface area contributed by atoms with Crippen LogP contribution in [-0.4, -0.2) is 17.4 Å². The number of nitro benzene ring substituents is 1. The fourth-order valence-electron chi connectivity index (χ4n) is 2.08. The molecule has 136 valence electrons. The van der Waals surface area contributed by atoms with E-state index in [0.29, 0.717) is 17.0 Å². The molecule has 2 aromatic carbocycles. The quantitative estimate of drug-likeness (QED) is 0.230. The number of halogens is 1. The molecule has 0 aliphatic rings. The Morgan fingerprint density at radius 2 is 2.04 bits per heavy atom. The molecule has 1 N–H and O–H groups in total. The van der Waals surface area contributed by atoms with Gasteiger partial charge in [-0.15, -0.1) is 0 Å². The normalized spacial score (nSPS) is 10.6. The molecule has 0 saturated carbocycles. The average Bonchev–Trinajstić information content (AvgIpc) is 2.65. The molecular weight excluding hydrogens is 414 g/mol. The summed E-state index contributed by atoms with van der Waals surface area (Å²) in [4.78, 5) is 22.5. The van der Waals surface area contributed by atoms with Gasteiger partial charge in [0.1, 0.15) is 24.0 Å². The number of benzene rings is 2. The molecule has 0 aliphatic heterocycles. The van der Waals surface area contributed by atoms with Crippen LogP contribution in [0.25, 0.3) is 6.08 Å². The lowest BCUT2D eigenvalue weighted by atomic mass is 10.1. The molecule has 0 unspecified atom stereocenters. The number of nitrogens with one attached hydrogen (secondary N) is 1. The number of carbonyl (C=O) groups excluding carboxylic acids is 1. The van der Waals surface area contributed by atoms with E-state index in [1.54, 1.807) is 24.3 Å². The summed E-state index contributed by atoms with van der Waals surface area (Å²) < 4.78 is 6.29. The lowest BCUT2D eigenvalue weighted by Crippen LogP contribution is -2.13. The van der Waals surface area contributed by atoms with Gasteiger partial charge in [0.15, 0.2) is 0 Å². The van der Waals surface area contributed by atoms with Gasteiger partial charge in [-0.1, -0.05) is 28.6 Å². The fourth-order valence-corrected chi connectivity index (χ4v) is 2.46. The van der Waals surface area contributed by atoms with Crippen molar-refractivity contribution in [3.63, 3.8) is 0 Å². The molecule has 0 bridgehead atoms. The van der Waals surface area contributed by atoms with Crippen molar-refractivity contribution in [2.45, 2.75) is 0 Å². The maximum atomic E-state index is 12.4. The van der Waals surface area contributed by atoms with Crippen LogP contribution in [-0.2, 0) is 4.79 Å². The maximum Gasteiger partial charge on any atom is 0.269 e. The van der Waals surface area contributed by atoms with Crippen LogP contribution in [0.1, 0.15) is 5.56 Å². The van der Waals surface area contributed by atoms with Crippen molar-refractivity contribution in [2.24, 2.45) is 0 Å². The number of rotatable bonds is 7. The van der Waals surface area contributed by atoms with Crippen molar-refractivity contribution in [3.05, 3.63) is 80.8 Å². The summed E-state index contributed by atoms with van der Waals surface area (Å²) in [7, 11) is 0. The summed E-state index contributed by atoms with van der Waals surface area (Å²) in [5.41, 5.74) is 0.642. The predicted octanol–water partition coefficient (Wildman–Crippen LogP) is 4.47. The molecule has 2 rings (SSSR count). The summed E-state index contributed by atoms with van der Waals surface area (Å²) in [5, 5.41) is 22.6. The number of ether oxygens (including phenoxy) is 1. The summed E-state index contributed by atoms with van der Waals surface area (Å²) in [6.07, 6.45) is 2.99. The number of carbonyl (C=O) groups is 1. The minimum atomic E-state index is -0.638. The highest BCUT2D eigenvalue weighted by Gasteiger charge is 2.13. The zero-order valence-corrected chi connectivity index (χ0v) is 15.6. The van der Waals surface area contributed by atoms with E-state index >= 15 is 0 Å². The third kappa shape index (κ3) is 5.52. The number of nitro groups is 1. The Bertz CT molecular complexity index is 946. The average molecular weight is 428 g/mol. The first kappa shape index (κ1) is 19.9.